The van der Waals surface area contributed by atoms with Crippen LogP contribution in [0.3, 0.4) is 0 Å². The van der Waals surface area contributed by atoms with Gasteiger partial charge in [0.25, 0.3) is 0 Å². The molecule has 1 atom stereocenters. The molecule has 1 aromatic carbocycles. The second-order valence-corrected chi connectivity index (χ2v) is 4.97. The van der Waals surface area contributed by atoms with Crippen molar-refractivity contribution < 1.29 is 17.9 Å². The van der Waals surface area contributed by atoms with Crippen molar-refractivity contribution in [3.63, 3.8) is 0 Å². The first kappa shape index (κ1) is 14.7. The molecule has 0 saturated heterocycles. The van der Waals surface area contributed by atoms with E-state index >= 15 is 0 Å². The molecule has 1 unspecified atom stereocenters. The first-order chi connectivity index (χ1) is 7.87. The third-order valence-corrected chi connectivity index (χ3v) is 2.73. The van der Waals surface area contributed by atoms with Gasteiger partial charge >= 0.3 is 6.18 Å². The maximum Gasteiger partial charge on any atom is 0.411 e. The van der Waals surface area contributed by atoms with Crippen LogP contribution >= 0.6 is 22.6 Å². The summed E-state index contributed by atoms with van der Waals surface area (Å²) < 4.78 is 41.0. The summed E-state index contributed by atoms with van der Waals surface area (Å²) in [5, 5.41) is 0. The van der Waals surface area contributed by atoms with Gasteiger partial charge in [-0.05, 0) is 46.7 Å². The lowest BCUT2D eigenvalue weighted by atomic mass is 10.1. The van der Waals surface area contributed by atoms with Gasteiger partial charge in [0.15, 0.2) is 0 Å². The Balaban J connectivity index is 2.30. The molecule has 0 heterocycles. The maximum absolute atomic E-state index is 11.8. The Bertz CT molecular complexity index is 340. The predicted octanol–water partition coefficient (Wildman–Crippen LogP) is 2.74. The van der Waals surface area contributed by atoms with Crippen molar-refractivity contribution in [1.82, 2.24) is 0 Å². The van der Waals surface area contributed by atoms with E-state index in [9.17, 15) is 13.2 Å². The average Bonchev–Trinajstić information content (AvgIpc) is 2.19. The van der Waals surface area contributed by atoms with Crippen molar-refractivity contribution in [2.24, 2.45) is 5.73 Å². The number of nitrogens with two attached hydrogens (primary N) is 1. The van der Waals surface area contributed by atoms with Gasteiger partial charge < -0.3 is 10.5 Å². The molecule has 17 heavy (non-hydrogen) atoms. The molecule has 0 radical (unpaired) electrons. The minimum Gasteiger partial charge on any atom is -0.370 e. The zero-order valence-electron chi connectivity index (χ0n) is 9.01. The molecule has 0 spiro atoms. The van der Waals surface area contributed by atoms with Crippen molar-refractivity contribution in [2.75, 3.05) is 13.2 Å². The summed E-state index contributed by atoms with van der Waals surface area (Å²) in [7, 11) is 0. The summed E-state index contributed by atoms with van der Waals surface area (Å²) in [4.78, 5) is 0. The van der Waals surface area contributed by atoms with E-state index in [1.54, 1.807) is 0 Å². The highest BCUT2D eigenvalue weighted by Crippen LogP contribution is 2.14. The van der Waals surface area contributed by atoms with Crippen LogP contribution in [-0.4, -0.2) is 25.4 Å². The number of alkyl halides is 3. The van der Waals surface area contributed by atoms with Gasteiger partial charge in [-0.25, -0.2) is 0 Å². The van der Waals surface area contributed by atoms with E-state index in [2.05, 4.69) is 27.3 Å². The maximum atomic E-state index is 11.8. The van der Waals surface area contributed by atoms with Crippen LogP contribution in [0.4, 0.5) is 13.2 Å². The average molecular weight is 359 g/mol. The van der Waals surface area contributed by atoms with E-state index in [1.807, 2.05) is 24.3 Å². The summed E-state index contributed by atoms with van der Waals surface area (Å²) in [6.07, 6.45) is -3.78. The van der Waals surface area contributed by atoms with E-state index in [0.29, 0.717) is 6.42 Å². The highest BCUT2D eigenvalue weighted by molar-refractivity contribution is 14.1. The van der Waals surface area contributed by atoms with Crippen LogP contribution in [0.15, 0.2) is 24.3 Å². The fraction of sp³-hybridized carbons (Fsp3) is 0.455. The third-order valence-electron chi connectivity index (χ3n) is 2.01. The summed E-state index contributed by atoms with van der Waals surface area (Å²) in [5.74, 6) is 0. The zero-order chi connectivity index (χ0) is 12.9. The summed E-state index contributed by atoms with van der Waals surface area (Å²) in [6, 6.07) is 7.26. The lowest BCUT2D eigenvalue weighted by molar-refractivity contribution is -0.174. The van der Waals surface area contributed by atoms with Crippen molar-refractivity contribution >= 4 is 22.6 Å². The molecule has 0 amide bonds. The molecule has 6 heteroatoms. The molecule has 96 valence electrons. The fourth-order valence-corrected chi connectivity index (χ4v) is 1.67. The molecule has 0 aliphatic rings. The fourth-order valence-electron chi connectivity index (χ4n) is 1.31. The minimum atomic E-state index is -4.29. The third kappa shape index (κ3) is 6.85. The number of rotatable bonds is 5. The Morgan fingerprint density at radius 3 is 2.35 bits per heavy atom. The van der Waals surface area contributed by atoms with E-state index in [0.717, 1.165) is 9.13 Å². The Hall–Kier alpha value is -0.340. The van der Waals surface area contributed by atoms with Gasteiger partial charge in [0.1, 0.15) is 6.61 Å². The molecule has 0 aromatic heterocycles. The van der Waals surface area contributed by atoms with Gasteiger partial charge in [-0.15, -0.1) is 0 Å². The predicted molar refractivity (Wildman–Crippen MR) is 67.7 cm³/mol. The number of hydrogen-bond donors (Lipinski definition) is 1. The quantitative estimate of drug-likeness (QED) is 0.821. The molecule has 0 bridgehead atoms. The van der Waals surface area contributed by atoms with Gasteiger partial charge in [0.05, 0.1) is 6.61 Å². The minimum absolute atomic E-state index is 0.0918. The van der Waals surface area contributed by atoms with Crippen LogP contribution in [0.5, 0.6) is 0 Å². The SMILES string of the molecule is NC(COCC(F)(F)F)Cc1ccc(I)cc1. The van der Waals surface area contributed by atoms with Crippen molar-refractivity contribution in [3.8, 4) is 0 Å². The zero-order valence-corrected chi connectivity index (χ0v) is 11.2. The highest BCUT2D eigenvalue weighted by Gasteiger charge is 2.27. The molecule has 0 aliphatic carbocycles. The van der Waals surface area contributed by atoms with Crippen LogP contribution in [0.2, 0.25) is 0 Å². The second-order valence-electron chi connectivity index (χ2n) is 3.72. The molecule has 0 aliphatic heterocycles. The second kappa shape index (κ2) is 6.55. The summed E-state index contributed by atoms with van der Waals surface area (Å²) in [6.45, 7) is -1.33. The van der Waals surface area contributed by atoms with E-state index < -0.39 is 18.8 Å². The van der Waals surface area contributed by atoms with Gasteiger partial charge in [-0.1, -0.05) is 12.1 Å². The number of hydrogen-bond acceptors (Lipinski definition) is 2. The van der Waals surface area contributed by atoms with Crippen LogP contribution in [-0.2, 0) is 11.2 Å². The van der Waals surface area contributed by atoms with Crippen LogP contribution < -0.4 is 5.73 Å². The lowest BCUT2D eigenvalue weighted by Crippen LogP contribution is -2.31. The normalized spacial score (nSPS) is 13.7. The molecule has 0 saturated carbocycles. The molecule has 1 aromatic rings. The number of ether oxygens (including phenoxy) is 1. The van der Waals surface area contributed by atoms with Crippen molar-refractivity contribution in [2.45, 2.75) is 18.6 Å². The first-order valence-electron chi connectivity index (χ1n) is 5.01. The Labute approximate surface area is 111 Å². The Kier molecular flexibility index (Phi) is 5.68. The van der Waals surface area contributed by atoms with Crippen molar-refractivity contribution in [1.29, 1.82) is 0 Å². The molecular weight excluding hydrogens is 346 g/mol. The van der Waals surface area contributed by atoms with E-state index in [4.69, 9.17) is 5.73 Å². The van der Waals surface area contributed by atoms with E-state index in [-0.39, 0.29) is 6.61 Å². The summed E-state index contributed by atoms with van der Waals surface area (Å²) >= 11 is 2.18. The highest BCUT2D eigenvalue weighted by atomic mass is 127. The van der Waals surface area contributed by atoms with Gasteiger partial charge in [0.2, 0.25) is 0 Å². The largest absolute Gasteiger partial charge is 0.411 e. The smallest absolute Gasteiger partial charge is 0.370 e. The van der Waals surface area contributed by atoms with Crippen molar-refractivity contribution in [3.05, 3.63) is 33.4 Å². The van der Waals surface area contributed by atoms with Crippen LogP contribution in [0, 0.1) is 3.57 Å². The topological polar surface area (TPSA) is 35.2 Å². The standard InChI is InChI=1S/C11H13F3INO/c12-11(13,14)7-17-6-10(16)5-8-1-3-9(15)4-2-8/h1-4,10H,5-7,16H2. The Morgan fingerprint density at radius 1 is 1.24 bits per heavy atom. The molecule has 0 fully saturated rings. The molecule has 1 rings (SSSR count). The van der Waals surface area contributed by atoms with Gasteiger partial charge in [-0.3, -0.25) is 0 Å². The van der Waals surface area contributed by atoms with E-state index in [1.165, 1.54) is 0 Å². The van der Waals surface area contributed by atoms with Gasteiger partial charge in [0, 0.05) is 9.61 Å². The monoisotopic (exact) mass is 359 g/mol. The van der Waals surface area contributed by atoms with Gasteiger partial charge in [-0.2, -0.15) is 13.2 Å². The Morgan fingerprint density at radius 2 is 1.82 bits per heavy atom. The molecule has 2 N–H and O–H groups in total. The molecular formula is C11H13F3INO. The summed E-state index contributed by atoms with van der Waals surface area (Å²) in [5.41, 5.74) is 6.67. The first-order valence-corrected chi connectivity index (χ1v) is 6.09. The lowest BCUT2D eigenvalue weighted by Gasteiger charge is -2.13. The van der Waals surface area contributed by atoms with Crippen LogP contribution in [0.1, 0.15) is 5.56 Å². The van der Waals surface area contributed by atoms with Crippen LogP contribution in [0.25, 0.3) is 0 Å². The number of halogens is 4. The molecule has 2 nitrogen and oxygen atoms in total. The number of benzene rings is 1.